The Balaban J connectivity index is 1.10. The molecular formula is C53H65N7O8S. The third-order valence-corrected chi connectivity index (χ3v) is 15.8. The second-order valence-electron chi connectivity index (χ2n) is 20.3. The quantitative estimate of drug-likeness (QED) is 0.123. The van der Waals surface area contributed by atoms with Gasteiger partial charge in [0.2, 0.25) is 5.91 Å². The van der Waals surface area contributed by atoms with E-state index in [0.29, 0.717) is 74.5 Å². The number of nitrogens with zero attached hydrogens (tertiary/aromatic N) is 5. The number of ether oxygens (including phenoxy) is 3. The minimum Gasteiger partial charge on any atom is -0.464 e. The SMILES string of the molecule is CCn1c(-c2cc(C3(O)CCN(C(=O)OCc4ccccc4)CC3)cnc2[C@H](C)OC)c2c3cc(ccc31)-c1csc(n1)C[C@H](NC(=O)C1[C@@H](C)[C@H]1C)C(=O)N1CCC[C@H](N1)C(=O)OCC(C)(C)C2. The molecular weight excluding hydrogens is 895 g/mol. The molecule has 1 aliphatic carbocycles. The number of piperidine rings is 1. The van der Waals surface area contributed by atoms with Crippen molar-refractivity contribution in [3.05, 3.63) is 93.6 Å². The number of aromatic nitrogens is 3. The van der Waals surface area contributed by atoms with Gasteiger partial charge in [0, 0.05) is 90.2 Å². The summed E-state index contributed by atoms with van der Waals surface area (Å²) in [4.78, 5) is 66.7. The predicted molar refractivity (Wildman–Crippen MR) is 262 cm³/mol. The summed E-state index contributed by atoms with van der Waals surface area (Å²) in [5, 5.41) is 20.7. The summed E-state index contributed by atoms with van der Waals surface area (Å²) in [7, 11) is 1.66. The van der Waals surface area contributed by atoms with Crippen LogP contribution in [0.15, 0.2) is 66.2 Å². The van der Waals surface area contributed by atoms with Crippen molar-refractivity contribution in [2.75, 3.05) is 33.4 Å². The van der Waals surface area contributed by atoms with E-state index in [4.69, 9.17) is 24.2 Å². The second-order valence-corrected chi connectivity index (χ2v) is 21.2. The number of amides is 3. The Kier molecular flexibility index (Phi) is 13.7. The van der Waals surface area contributed by atoms with Crippen LogP contribution in [0.3, 0.4) is 0 Å². The van der Waals surface area contributed by atoms with Crippen molar-refractivity contribution in [2.24, 2.45) is 23.2 Å². The van der Waals surface area contributed by atoms with Gasteiger partial charge in [0.25, 0.3) is 5.91 Å². The maximum Gasteiger partial charge on any atom is 0.410 e. The molecule has 6 atom stereocenters. The fourth-order valence-corrected chi connectivity index (χ4v) is 11.3. The number of thiazole rings is 1. The minimum atomic E-state index is -1.27. The van der Waals surface area contributed by atoms with Gasteiger partial charge < -0.3 is 34.1 Å². The predicted octanol–water partition coefficient (Wildman–Crippen LogP) is 7.72. The van der Waals surface area contributed by atoms with Gasteiger partial charge in [-0.3, -0.25) is 24.4 Å². The summed E-state index contributed by atoms with van der Waals surface area (Å²) in [5.74, 6) is -0.576. The van der Waals surface area contributed by atoms with Crippen molar-refractivity contribution in [3.63, 3.8) is 0 Å². The molecule has 3 fully saturated rings. The third kappa shape index (κ3) is 9.90. The molecule has 1 unspecified atom stereocenters. The van der Waals surface area contributed by atoms with Gasteiger partial charge in [-0.25, -0.2) is 15.2 Å². The largest absolute Gasteiger partial charge is 0.464 e. The maximum atomic E-state index is 14.3. The third-order valence-electron chi connectivity index (χ3n) is 15.0. The highest BCUT2D eigenvalue weighted by Crippen LogP contribution is 2.46. The molecule has 9 rings (SSSR count). The van der Waals surface area contributed by atoms with E-state index in [-0.39, 0.29) is 49.2 Å². The maximum absolute atomic E-state index is 14.3. The van der Waals surface area contributed by atoms with Gasteiger partial charge in [0.1, 0.15) is 18.7 Å². The fraction of sp³-hybridized carbons (Fsp3) is 0.509. The zero-order valence-electron chi connectivity index (χ0n) is 40.7. The van der Waals surface area contributed by atoms with Crippen LogP contribution in [-0.4, -0.2) is 98.9 Å². The number of aryl methyl sites for hydroxylation is 1. The molecule has 0 radical (unpaired) electrons. The van der Waals surface area contributed by atoms with Gasteiger partial charge in [0.05, 0.1) is 40.4 Å². The van der Waals surface area contributed by atoms with Crippen LogP contribution in [-0.2, 0) is 60.2 Å². The Morgan fingerprint density at radius 2 is 1.81 bits per heavy atom. The van der Waals surface area contributed by atoms with Crippen molar-refractivity contribution >= 4 is 46.1 Å². The summed E-state index contributed by atoms with van der Waals surface area (Å²) in [5.41, 5.74) is 8.99. The first-order valence-corrected chi connectivity index (χ1v) is 25.3. The topological polar surface area (TPSA) is 177 Å². The Labute approximate surface area is 407 Å². The molecule has 16 heteroatoms. The molecule has 2 saturated heterocycles. The van der Waals surface area contributed by atoms with Gasteiger partial charge in [-0.05, 0) is 87.1 Å². The highest BCUT2D eigenvalue weighted by atomic mass is 32.1. The van der Waals surface area contributed by atoms with Crippen LogP contribution in [0.4, 0.5) is 4.79 Å². The molecule has 0 spiro atoms. The molecule has 6 heterocycles. The van der Waals surface area contributed by atoms with E-state index in [0.717, 1.165) is 44.5 Å². The average Bonchev–Trinajstić information content (AvgIpc) is 3.61. The van der Waals surface area contributed by atoms with Crippen LogP contribution < -0.4 is 10.7 Å². The zero-order chi connectivity index (χ0) is 48.8. The number of hydrogen-bond donors (Lipinski definition) is 3. The van der Waals surface area contributed by atoms with Crippen LogP contribution in [0.5, 0.6) is 0 Å². The van der Waals surface area contributed by atoms with Crippen LogP contribution in [0, 0.1) is 23.2 Å². The van der Waals surface area contributed by atoms with E-state index >= 15 is 0 Å². The summed E-state index contributed by atoms with van der Waals surface area (Å²) in [6, 6.07) is 16.3. The Hall–Kier alpha value is -5.68. The number of carbonyl (C=O) groups excluding carboxylic acids is 4. The number of methoxy groups -OCH3 is 1. The Morgan fingerprint density at radius 3 is 2.52 bits per heavy atom. The van der Waals surface area contributed by atoms with Crippen molar-refractivity contribution in [1.82, 2.24) is 35.2 Å². The highest BCUT2D eigenvalue weighted by Gasteiger charge is 2.49. The van der Waals surface area contributed by atoms with Crippen molar-refractivity contribution in [1.29, 1.82) is 0 Å². The van der Waals surface area contributed by atoms with Crippen molar-refractivity contribution < 1.29 is 38.5 Å². The van der Waals surface area contributed by atoms with Crippen LogP contribution in [0.2, 0.25) is 0 Å². The standard InChI is InChI=1S/C53H65N7O8S/c1-8-59-43-17-16-35-23-37(43)39(47(59)38-24-36(27-54-46(38)33(4)66-7)53(65)18-21-58(22-19-53)51(64)67-28-34-13-10-9-11-14-34)26-52(5,6)30-68-50(63)40-15-12-20-60(57-40)49(62)41(25-44-55-42(35)29-69-44)56-48(61)45-31(2)32(45)3/h9-11,13-14,16-17,23-24,27,29,31-33,40-41,45,57,65H,8,12,15,18-22,25-26,28,30H2,1-7H3,(H,56,61)/t31-,32+,33-,40-,41-,45?/m0/s1. The average molecular weight is 960 g/mol. The molecule has 6 bridgehead atoms. The molecule has 15 nitrogen and oxygen atoms in total. The van der Waals surface area contributed by atoms with E-state index in [2.05, 4.69) is 68.1 Å². The lowest BCUT2D eigenvalue weighted by Gasteiger charge is -2.38. The van der Waals surface area contributed by atoms with Gasteiger partial charge >= 0.3 is 12.1 Å². The Morgan fingerprint density at radius 1 is 1.06 bits per heavy atom. The molecule has 69 heavy (non-hydrogen) atoms. The lowest BCUT2D eigenvalue weighted by Crippen LogP contribution is -2.60. The first-order chi connectivity index (χ1) is 33.1. The lowest BCUT2D eigenvalue weighted by atomic mass is 9.82. The first kappa shape index (κ1) is 48.3. The number of hydrogen-bond acceptors (Lipinski definition) is 12. The zero-order valence-corrected chi connectivity index (χ0v) is 41.6. The van der Waals surface area contributed by atoms with Gasteiger partial charge in [-0.2, -0.15) is 0 Å². The number of fused-ring (bicyclic) bond motifs is 6. The van der Waals surface area contributed by atoms with E-state index in [9.17, 15) is 24.3 Å². The summed E-state index contributed by atoms with van der Waals surface area (Å²) < 4.78 is 20.1. The number of pyridine rings is 1. The van der Waals surface area contributed by atoms with Crippen molar-refractivity contribution in [3.8, 4) is 22.5 Å². The number of aliphatic hydroxyl groups is 1. The van der Waals surface area contributed by atoms with Crippen molar-refractivity contribution in [2.45, 2.75) is 117 Å². The normalized spacial score (nSPS) is 24.0. The molecule has 5 aromatic rings. The molecule has 3 N–H and O–H groups in total. The fourth-order valence-electron chi connectivity index (χ4n) is 10.4. The molecule has 2 aromatic carbocycles. The number of likely N-dealkylation sites (tertiary alicyclic amines) is 1. The van der Waals surface area contributed by atoms with Crippen LogP contribution in [0.25, 0.3) is 33.4 Å². The lowest BCUT2D eigenvalue weighted by molar-refractivity contribution is -0.155. The minimum absolute atomic E-state index is 0.103. The summed E-state index contributed by atoms with van der Waals surface area (Å²) >= 11 is 1.45. The smallest absolute Gasteiger partial charge is 0.410 e. The summed E-state index contributed by atoms with van der Waals surface area (Å²) in [6.45, 7) is 14.2. The monoisotopic (exact) mass is 959 g/mol. The second kappa shape index (κ2) is 19.6. The van der Waals surface area contributed by atoms with Gasteiger partial charge in [-0.1, -0.05) is 64.1 Å². The molecule has 3 aliphatic heterocycles. The van der Waals surface area contributed by atoms with Gasteiger partial charge in [-0.15, -0.1) is 11.3 Å². The molecule has 4 aliphatic rings. The number of carbonyl (C=O) groups is 4. The first-order valence-electron chi connectivity index (χ1n) is 24.4. The molecule has 3 aromatic heterocycles. The number of rotatable bonds is 9. The molecule has 3 amide bonds. The van der Waals surface area contributed by atoms with Crippen LogP contribution >= 0.6 is 11.3 Å². The number of hydrazine groups is 1. The number of nitrogens with one attached hydrogen (secondary N) is 2. The highest BCUT2D eigenvalue weighted by molar-refractivity contribution is 7.10. The van der Waals surface area contributed by atoms with E-state index in [1.54, 1.807) is 18.2 Å². The Bertz CT molecular complexity index is 2720. The molecule has 366 valence electrons. The number of esters is 1. The number of cyclic esters (lactones) is 1. The van der Waals surface area contributed by atoms with E-state index in [1.807, 2.05) is 48.7 Å². The van der Waals surface area contributed by atoms with Gasteiger partial charge in [0.15, 0.2) is 0 Å². The number of benzene rings is 2. The summed E-state index contributed by atoms with van der Waals surface area (Å²) in [6.07, 6.45) is 3.29. The van der Waals surface area contributed by atoms with E-state index in [1.165, 1.54) is 16.3 Å². The van der Waals surface area contributed by atoms with E-state index < -0.39 is 41.3 Å². The van der Waals surface area contributed by atoms with Crippen LogP contribution in [0.1, 0.15) is 101 Å². The molecule has 1 saturated carbocycles.